The number of nitrogens with zero attached hydrogens (tertiary/aromatic N) is 2. The molecule has 1 N–H and O–H groups in total. The summed E-state index contributed by atoms with van der Waals surface area (Å²) < 4.78 is 5.37. The van der Waals surface area contributed by atoms with E-state index in [0.29, 0.717) is 12.1 Å². The molecule has 0 spiro atoms. The Kier molecular flexibility index (Phi) is 3.47. The molecule has 1 aliphatic carbocycles. The topological polar surface area (TPSA) is 51.0 Å². The number of hydrogen-bond donors (Lipinski definition) is 1. The number of benzene rings is 1. The van der Waals surface area contributed by atoms with Gasteiger partial charge in [0, 0.05) is 6.04 Å². The minimum atomic E-state index is -0.158. The van der Waals surface area contributed by atoms with Crippen molar-refractivity contribution in [3.8, 4) is 0 Å². The molecule has 4 heteroatoms. The molecular formula is C16H21N3O. The fraction of sp³-hybridized carbons (Fsp3) is 0.500. The zero-order valence-corrected chi connectivity index (χ0v) is 12.1. The fourth-order valence-electron chi connectivity index (χ4n) is 2.74. The van der Waals surface area contributed by atoms with Crippen LogP contribution in [0.5, 0.6) is 0 Å². The minimum Gasteiger partial charge on any atom is -0.335 e. The number of rotatable bonds is 6. The summed E-state index contributed by atoms with van der Waals surface area (Å²) in [6, 6.07) is 11.6. The van der Waals surface area contributed by atoms with Crippen LogP contribution in [0.2, 0.25) is 0 Å². The van der Waals surface area contributed by atoms with Crippen LogP contribution in [0.1, 0.15) is 50.9 Å². The zero-order valence-electron chi connectivity index (χ0n) is 12.1. The number of hydrogen-bond acceptors (Lipinski definition) is 4. The molecule has 0 unspecified atom stereocenters. The molecule has 3 rings (SSSR count). The Morgan fingerprint density at radius 1 is 1.20 bits per heavy atom. The van der Waals surface area contributed by atoms with Crippen LogP contribution in [0.25, 0.3) is 0 Å². The molecule has 20 heavy (non-hydrogen) atoms. The minimum absolute atomic E-state index is 0.158. The third-order valence-electron chi connectivity index (χ3n) is 4.29. The van der Waals surface area contributed by atoms with Gasteiger partial charge in [0.2, 0.25) is 0 Å². The van der Waals surface area contributed by atoms with Crippen molar-refractivity contribution in [2.45, 2.75) is 51.0 Å². The highest BCUT2D eigenvalue weighted by Crippen LogP contribution is 2.37. The van der Waals surface area contributed by atoms with Crippen molar-refractivity contribution in [3.05, 3.63) is 41.7 Å². The van der Waals surface area contributed by atoms with Crippen LogP contribution in [0, 0.1) is 0 Å². The molecule has 1 aromatic heterocycles. The van der Waals surface area contributed by atoms with Gasteiger partial charge in [-0.3, -0.25) is 0 Å². The Balaban J connectivity index is 1.94. The lowest BCUT2D eigenvalue weighted by atomic mass is 9.75. The fourth-order valence-corrected chi connectivity index (χ4v) is 2.74. The highest BCUT2D eigenvalue weighted by atomic mass is 16.5. The first-order valence-electron chi connectivity index (χ1n) is 7.44. The quantitative estimate of drug-likeness (QED) is 0.869. The van der Waals surface area contributed by atoms with E-state index in [1.54, 1.807) is 0 Å². The molecule has 0 atom stereocenters. The molecule has 1 heterocycles. The van der Waals surface area contributed by atoms with E-state index in [9.17, 15) is 0 Å². The van der Waals surface area contributed by atoms with Crippen molar-refractivity contribution < 1.29 is 4.52 Å². The van der Waals surface area contributed by atoms with Crippen molar-refractivity contribution in [2.24, 2.45) is 0 Å². The van der Waals surface area contributed by atoms with Crippen LogP contribution in [0.3, 0.4) is 0 Å². The SMILES string of the molecule is CCC(CC)(c1ccccc1)c1noc(NC2CC2)n1. The van der Waals surface area contributed by atoms with Crippen LogP contribution in [-0.2, 0) is 5.41 Å². The van der Waals surface area contributed by atoms with Gasteiger partial charge in [-0.05, 0) is 31.2 Å². The molecule has 2 aromatic rings. The van der Waals surface area contributed by atoms with Gasteiger partial charge in [0.1, 0.15) is 0 Å². The lowest BCUT2D eigenvalue weighted by Gasteiger charge is -2.28. The third-order valence-corrected chi connectivity index (χ3v) is 4.29. The zero-order chi connectivity index (χ0) is 14.0. The molecule has 106 valence electrons. The lowest BCUT2D eigenvalue weighted by molar-refractivity contribution is 0.382. The van der Waals surface area contributed by atoms with E-state index in [1.165, 1.54) is 18.4 Å². The summed E-state index contributed by atoms with van der Waals surface area (Å²) in [6.07, 6.45) is 4.30. The van der Waals surface area contributed by atoms with Crippen LogP contribution in [-0.4, -0.2) is 16.2 Å². The van der Waals surface area contributed by atoms with Crippen LogP contribution in [0.15, 0.2) is 34.9 Å². The first kappa shape index (κ1) is 13.2. The first-order chi connectivity index (χ1) is 9.78. The van der Waals surface area contributed by atoms with Gasteiger partial charge < -0.3 is 9.84 Å². The van der Waals surface area contributed by atoms with Crippen molar-refractivity contribution >= 4 is 6.01 Å². The summed E-state index contributed by atoms with van der Waals surface area (Å²) in [4.78, 5) is 4.59. The molecule has 0 aliphatic heterocycles. The Hall–Kier alpha value is -1.84. The molecule has 1 saturated carbocycles. The molecule has 1 aromatic carbocycles. The Morgan fingerprint density at radius 3 is 2.50 bits per heavy atom. The predicted octanol–water partition coefficient (Wildman–Crippen LogP) is 3.75. The summed E-state index contributed by atoms with van der Waals surface area (Å²) in [5, 5.41) is 7.51. The van der Waals surface area contributed by atoms with Crippen molar-refractivity contribution in [1.29, 1.82) is 0 Å². The van der Waals surface area contributed by atoms with Gasteiger partial charge in [0.15, 0.2) is 5.82 Å². The summed E-state index contributed by atoms with van der Waals surface area (Å²) in [5.41, 5.74) is 1.10. The second-order valence-electron chi connectivity index (χ2n) is 5.50. The largest absolute Gasteiger partial charge is 0.335 e. The van der Waals surface area contributed by atoms with Crippen molar-refractivity contribution in [1.82, 2.24) is 10.1 Å². The maximum absolute atomic E-state index is 5.37. The molecule has 1 fully saturated rings. The van der Waals surface area contributed by atoms with Gasteiger partial charge >= 0.3 is 6.01 Å². The number of nitrogens with one attached hydrogen (secondary N) is 1. The van der Waals surface area contributed by atoms with Gasteiger partial charge in [-0.25, -0.2) is 0 Å². The van der Waals surface area contributed by atoms with Crippen LogP contribution >= 0.6 is 0 Å². The average molecular weight is 271 g/mol. The Bertz CT molecular complexity index is 556. The van der Waals surface area contributed by atoms with Crippen LogP contribution < -0.4 is 5.32 Å². The normalized spacial score (nSPS) is 15.3. The monoisotopic (exact) mass is 271 g/mol. The summed E-state index contributed by atoms with van der Waals surface area (Å²) >= 11 is 0. The highest BCUT2D eigenvalue weighted by Gasteiger charge is 2.36. The molecule has 4 nitrogen and oxygen atoms in total. The van der Waals surface area contributed by atoms with Gasteiger partial charge in [-0.1, -0.05) is 49.3 Å². The Labute approximate surface area is 119 Å². The molecule has 0 saturated heterocycles. The van der Waals surface area contributed by atoms with E-state index in [2.05, 4.69) is 53.6 Å². The molecule has 1 aliphatic rings. The first-order valence-corrected chi connectivity index (χ1v) is 7.44. The van der Waals surface area contributed by atoms with E-state index in [-0.39, 0.29) is 5.41 Å². The average Bonchev–Trinajstić information content (AvgIpc) is 3.19. The van der Waals surface area contributed by atoms with Gasteiger partial charge in [-0.15, -0.1) is 0 Å². The summed E-state index contributed by atoms with van der Waals surface area (Å²) in [6.45, 7) is 4.36. The third kappa shape index (κ3) is 2.30. The van der Waals surface area contributed by atoms with E-state index >= 15 is 0 Å². The van der Waals surface area contributed by atoms with Gasteiger partial charge in [0.05, 0.1) is 5.41 Å². The van der Waals surface area contributed by atoms with E-state index in [1.807, 2.05) is 6.07 Å². The maximum atomic E-state index is 5.37. The van der Waals surface area contributed by atoms with Crippen LogP contribution in [0.4, 0.5) is 6.01 Å². The van der Waals surface area contributed by atoms with Gasteiger partial charge in [-0.2, -0.15) is 4.98 Å². The number of anilines is 1. The molecule has 0 bridgehead atoms. The molecule has 0 amide bonds. The second kappa shape index (κ2) is 5.27. The van der Waals surface area contributed by atoms with E-state index in [4.69, 9.17) is 4.52 Å². The second-order valence-corrected chi connectivity index (χ2v) is 5.50. The Morgan fingerprint density at radius 2 is 1.90 bits per heavy atom. The van der Waals surface area contributed by atoms with E-state index in [0.717, 1.165) is 18.7 Å². The van der Waals surface area contributed by atoms with Gasteiger partial charge in [0.25, 0.3) is 0 Å². The predicted molar refractivity (Wildman–Crippen MR) is 78.7 cm³/mol. The lowest BCUT2D eigenvalue weighted by Crippen LogP contribution is -2.27. The summed E-state index contributed by atoms with van der Waals surface area (Å²) in [5.74, 6) is 0.789. The smallest absolute Gasteiger partial charge is 0.321 e. The standard InChI is InChI=1S/C16H21N3O/c1-3-16(4-2,12-8-6-5-7-9-12)14-18-15(20-19-14)17-13-10-11-13/h5-9,13H,3-4,10-11H2,1-2H3,(H,17,18,19). The number of aromatic nitrogens is 2. The maximum Gasteiger partial charge on any atom is 0.321 e. The van der Waals surface area contributed by atoms with Crippen molar-refractivity contribution in [2.75, 3.05) is 5.32 Å². The molecular weight excluding hydrogens is 250 g/mol. The van der Waals surface area contributed by atoms with Crippen molar-refractivity contribution in [3.63, 3.8) is 0 Å². The molecule has 0 radical (unpaired) electrons. The summed E-state index contributed by atoms with van der Waals surface area (Å²) in [7, 11) is 0. The van der Waals surface area contributed by atoms with E-state index < -0.39 is 0 Å². The highest BCUT2D eigenvalue weighted by molar-refractivity contribution is 5.34.